The van der Waals surface area contributed by atoms with Crippen LogP contribution in [0.25, 0.3) is 0 Å². The van der Waals surface area contributed by atoms with Gasteiger partial charge in [-0.1, -0.05) is 12.1 Å². The van der Waals surface area contributed by atoms with Crippen molar-refractivity contribution < 1.29 is 55.7 Å². The van der Waals surface area contributed by atoms with Crippen LogP contribution in [0, 0.1) is 11.8 Å². The number of carbonyl (C=O) groups excluding carboxylic acids is 2. The van der Waals surface area contributed by atoms with Gasteiger partial charge in [-0.25, -0.2) is 9.59 Å². The molecule has 2 N–H and O–H groups in total. The average Bonchev–Trinajstić information content (AvgIpc) is 3.23. The largest absolute Gasteiger partial charge is 0.478 e. The lowest BCUT2D eigenvalue weighted by molar-refractivity contribution is -0.160. The number of carbonyl (C=O) groups is 4. The van der Waals surface area contributed by atoms with E-state index in [-0.39, 0.29) is 73.1 Å². The van der Waals surface area contributed by atoms with Crippen LogP contribution in [0.15, 0.2) is 36.4 Å². The molecule has 0 saturated heterocycles. The third-order valence-electron chi connectivity index (χ3n) is 11.0. The molecule has 0 amide bonds. The van der Waals surface area contributed by atoms with Gasteiger partial charge in [0, 0.05) is 36.5 Å². The number of carboxylic acids is 2. The van der Waals surface area contributed by atoms with Crippen LogP contribution in [-0.2, 0) is 33.3 Å². The molecule has 2 aromatic carbocycles. The zero-order valence-corrected chi connectivity index (χ0v) is 26.3. The van der Waals surface area contributed by atoms with E-state index in [1.54, 1.807) is 12.1 Å². The summed E-state index contributed by atoms with van der Waals surface area (Å²) in [4.78, 5) is 46.0. The molecule has 0 heterocycles. The smallest absolute Gasteiger partial charge is 0.389 e. The van der Waals surface area contributed by atoms with Gasteiger partial charge in [-0.15, -0.1) is 0 Å². The molecule has 12 heteroatoms. The Kier molecular flexibility index (Phi) is 9.87. The van der Waals surface area contributed by atoms with Gasteiger partial charge in [-0.3, -0.25) is 9.59 Å². The summed E-state index contributed by atoms with van der Waals surface area (Å²) in [5.74, 6) is -2.74. The van der Waals surface area contributed by atoms with E-state index in [2.05, 4.69) is 0 Å². The van der Waals surface area contributed by atoms with Gasteiger partial charge in [0.15, 0.2) is 0 Å². The van der Waals surface area contributed by atoms with Crippen molar-refractivity contribution >= 4 is 23.5 Å². The normalized spacial score (nSPS) is 27.1. The van der Waals surface area contributed by atoms with E-state index in [0.717, 1.165) is 0 Å². The molecule has 0 aliphatic heterocycles. The summed E-state index contributed by atoms with van der Waals surface area (Å²) in [6.07, 6.45) is -5.87. The van der Waals surface area contributed by atoms with Gasteiger partial charge in [0.2, 0.25) is 0 Å². The molecule has 2 aromatic rings. The van der Waals surface area contributed by atoms with Crippen LogP contribution >= 0.6 is 0 Å². The third-order valence-corrected chi connectivity index (χ3v) is 11.0. The number of carboxylic acid groups (broad SMARTS) is 2. The highest BCUT2D eigenvalue weighted by Gasteiger charge is 2.53. The first-order valence-electron chi connectivity index (χ1n) is 16.3. The van der Waals surface area contributed by atoms with Crippen LogP contribution < -0.4 is 0 Å². The fourth-order valence-electron chi connectivity index (χ4n) is 9.03. The van der Waals surface area contributed by atoms with Gasteiger partial charge < -0.3 is 10.2 Å². The molecule has 2 fully saturated rings. The first-order valence-corrected chi connectivity index (χ1v) is 16.3. The molecule has 260 valence electrons. The molecule has 4 aliphatic carbocycles. The van der Waals surface area contributed by atoms with Crippen LogP contribution in [-0.4, -0.2) is 46.1 Å². The summed E-state index contributed by atoms with van der Waals surface area (Å²) in [7, 11) is 0. The van der Waals surface area contributed by atoms with Crippen molar-refractivity contribution in [3.63, 3.8) is 0 Å². The molecule has 0 bridgehead atoms. The fraction of sp³-hybridized carbons (Fsp3) is 0.556. The van der Waals surface area contributed by atoms with Gasteiger partial charge in [0.05, 0.1) is 24.0 Å². The van der Waals surface area contributed by atoms with Crippen LogP contribution in [0.3, 0.4) is 0 Å². The van der Waals surface area contributed by atoms with Crippen LogP contribution in [0.1, 0.15) is 120 Å². The predicted molar refractivity (Wildman–Crippen MR) is 162 cm³/mol. The number of benzene rings is 2. The molecule has 0 spiro atoms. The van der Waals surface area contributed by atoms with E-state index >= 15 is 0 Å². The van der Waals surface area contributed by atoms with E-state index < -0.39 is 48.0 Å². The summed E-state index contributed by atoms with van der Waals surface area (Å²) in [6, 6.07) is 8.90. The number of alkyl halides is 6. The van der Waals surface area contributed by atoms with Crippen molar-refractivity contribution in [2.24, 2.45) is 11.8 Å². The first kappa shape index (κ1) is 35.6. The van der Waals surface area contributed by atoms with E-state index in [9.17, 15) is 45.5 Å². The highest BCUT2D eigenvalue weighted by atomic mass is 19.4. The number of ketones is 2. The maximum atomic E-state index is 13.4. The predicted octanol–water partition coefficient (Wildman–Crippen LogP) is 8.56. The second-order valence-electron chi connectivity index (χ2n) is 13.9. The lowest BCUT2D eigenvalue weighted by atomic mass is 9.59. The van der Waals surface area contributed by atoms with Crippen molar-refractivity contribution in [1.29, 1.82) is 0 Å². The van der Waals surface area contributed by atoms with Crippen LogP contribution in [0.2, 0.25) is 0 Å². The minimum atomic E-state index is -4.33. The lowest BCUT2D eigenvalue weighted by Crippen LogP contribution is -2.44. The summed E-state index contributed by atoms with van der Waals surface area (Å²) in [5.41, 5.74) is 0.568. The van der Waals surface area contributed by atoms with E-state index in [1.165, 1.54) is 24.3 Å². The molecule has 4 atom stereocenters. The molecule has 6 nitrogen and oxygen atoms in total. The zero-order chi connectivity index (χ0) is 35.1. The summed E-state index contributed by atoms with van der Waals surface area (Å²) >= 11 is 0. The zero-order valence-electron chi connectivity index (χ0n) is 26.3. The Labute approximate surface area is 273 Å². The maximum absolute atomic E-state index is 13.4. The van der Waals surface area contributed by atoms with E-state index in [4.69, 9.17) is 10.2 Å². The summed E-state index contributed by atoms with van der Waals surface area (Å²) < 4.78 is 80.1. The first-order chi connectivity index (χ1) is 22.4. The standard InChI is InChI=1S/2C18H19F3O3/c2*19-18(20,21)10-17-7-6-14(22)9-13(17)3-1-2-11-8-12(16(23)24)4-5-15(11)17/h2*4-5,8,13H,1-3,6-7,9-10H2,(H,23,24)/t2*13-,17-/m10/s1. The maximum Gasteiger partial charge on any atom is 0.389 e. The van der Waals surface area contributed by atoms with Crippen molar-refractivity contribution in [2.45, 2.75) is 113 Å². The van der Waals surface area contributed by atoms with Gasteiger partial charge >= 0.3 is 24.3 Å². The monoisotopic (exact) mass is 680 g/mol. The molecule has 6 rings (SSSR count). The Morgan fingerprint density at radius 3 is 1.35 bits per heavy atom. The number of halogens is 6. The highest BCUT2D eigenvalue weighted by molar-refractivity contribution is 5.88. The molecular weight excluding hydrogens is 642 g/mol. The van der Waals surface area contributed by atoms with Gasteiger partial charge in [0.1, 0.15) is 11.6 Å². The van der Waals surface area contributed by atoms with Crippen molar-refractivity contribution in [2.75, 3.05) is 0 Å². The fourth-order valence-corrected chi connectivity index (χ4v) is 9.03. The molecule has 0 aromatic heterocycles. The molecule has 4 aliphatic rings. The Bertz CT molecular complexity index is 1480. The minimum absolute atomic E-state index is 0.0309. The minimum Gasteiger partial charge on any atom is -0.478 e. The average molecular weight is 681 g/mol. The number of hydrogen-bond donors (Lipinski definition) is 2. The summed E-state index contributed by atoms with van der Waals surface area (Å²) in [6.45, 7) is 0. The number of rotatable bonds is 4. The lowest BCUT2D eigenvalue weighted by Gasteiger charge is -2.44. The topological polar surface area (TPSA) is 109 Å². The summed E-state index contributed by atoms with van der Waals surface area (Å²) in [5, 5.41) is 18.3. The van der Waals surface area contributed by atoms with Crippen molar-refractivity contribution in [3.8, 4) is 0 Å². The molecule has 0 unspecified atom stereocenters. The van der Waals surface area contributed by atoms with Crippen LogP contribution in [0.5, 0.6) is 0 Å². The van der Waals surface area contributed by atoms with Gasteiger partial charge in [-0.05, 0) is 110 Å². The Morgan fingerprint density at radius 2 is 1.02 bits per heavy atom. The molecular formula is C36H38F6O6. The quantitative estimate of drug-likeness (QED) is 0.314. The molecule has 0 radical (unpaired) electrons. The van der Waals surface area contributed by atoms with Gasteiger partial charge in [0.25, 0.3) is 0 Å². The van der Waals surface area contributed by atoms with Crippen LogP contribution in [0.4, 0.5) is 26.3 Å². The SMILES string of the molecule is O=C1CC[C@@]2(CC(F)(F)F)c3ccc(C(=O)O)cc3CCC[C@H]2C1.O=C1CC[C@]2(CC(F)(F)F)c3ccc(C(=O)O)cc3CCC[C@@H]2C1. The number of aryl methyl sites for hydroxylation is 2. The number of fused-ring (bicyclic) bond motifs is 6. The number of Topliss-reactive ketones (excluding diaryl/α,β-unsaturated/α-hetero) is 2. The van der Waals surface area contributed by atoms with Gasteiger partial charge in [-0.2, -0.15) is 26.3 Å². The Hall–Kier alpha value is -3.70. The third kappa shape index (κ3) is 7.47. The number of hydrogen-bond acceptors (Lipinski definition) is 4. The van der Waals surface area contributed by atoms with Crippen molar-refractivity contribution in [1.82, 2.24) is 0 Å². The van der Waals surface area contributed by atoms with E-state index in [0.29, 0.717) is 60.8 Å². The Morgan fingerprint density at radius 1 is 0.646 bits per heavy atom. The van der Waals surface area contributed by atoms with Crippen molar-refractivity contribution in [3.05, 3.63) is 69.8 Å². The Balaban J connectivity index is 0.000000188. The second kappa shape index (κ2) is 13.3. The second-order valence-corrected chi connectivity index (χ2v) is 13.9. The molecule has 48 heavy (non-hydrogen) atoms. The molecule has 2 saturated carbocycles. The number of aromatic carboxylic acids is 2. The van der Waals surface area contributed by atoms with E-state index in [1.807, 2.05) is 0 Å². The highest BCUT2D eigenvalue weighted by Crippen LogP contribution is 2.55.